The predicted octanol–water partition coefficient (Wildman–Crippen LogP) is 3.85. The van der Waals surface area contributed by atoms with Crippen LogP contribution in [0.4, 0.5) is 0 Å². The first-order valence-corrected chi connectivity index (χ1v) is 10.0. The van der Waals surface area contributed by atoms with Crippen molar-refractivity contribution >= 4 is 5.91 Å². The lowest BCUT2D eigenvalue weighted by molar-refractivity contribution is -0.121. The molecule has 1 aromatic carbocycles. The Morgan fingerprint density at radius 1 is 1.14 bits per heavy atom. The van der Waals surface area contributed by atoms with Crippen LogP contribution in [0.25, 0.3) is 0 Å². The van der Waals surface area contributed by atoms with Gasteiger partial charge in [0.1, 0.15) is 0 Å². The number of hydrogen-bond donors (Lipinski definition) is 1. The van der Waals surface area contributed by atoms with Crippen LogP contribution in [0.3, 0.4) is 0 Å². The topological polar surface area (TPSA) is 86.5 Å². The summed E-state index contributed by atoms with van der Waals surface area (Å²) >= 11 is 0. The second kappa shape index (κ2) is 12.0. The second-order valence-electron chi connectivity index (χ2n) is 6.67. The maximum Gasteiger partial charge on any atom is 0.226 e. The van der Waals surface area contributed by atoms with E-state index in [4.69, 9.17) is 14.0 Å². The fourth-order valence-corrected chi connectivity index (χ4v) is 2.67. The van der Waals surface area contributed by atoms with Crippen LogP contribution in [0.15, 0.2) is 22.7 Å². The van der Waals surface area contributed by atoms with E-state index in [1.807, 2.05) is 18.2 Å². The normalized spacial score (nSPS) is 10.7. The van der Waals surface area contributed by atoms with Gasteiger partial charge in [0.15, 0.2) is 17.3 Å². The Morgan fingerprint density at radius 2 is 2.00 bits per heavy atom. The monoisotopic (exact) mass is 389 g/mol. The molecule has 0 spiro atoms. The molecule has 0 fully saturated rings. The van der Waals surface area contributed by atoms with E-state index in [2.05, 4.69) is 29.3 Å². The molecule has 0 aliphatic rings. The average molecular weight is 389 g/mol. The van der Waals surface area contributed by atoms with Gasteiger partial charge in [0.25, 0.3) is 0 Å². The first-order valence-electron chi connectivity index (χ1n) is 10.0. The number of unbranched alkanes of at least 4 members (excludes halogenated alkanes) is 1. The van der Waals surface area contributed by atoms with Gasteiger partial charge in [-0.15, -0.1) is 0 Å². The molecule has 2 aromatic rings. The Hall–Kier alpha value is -2.57. The number of aromatic nitrogens is 2. The quantitative estimate of drug-likeness (QED) is 0.524. The Bertz CT molecular complexity index is 730. The lowest BCUT2D eigenvalue weighted by atomic mass is 10.2. The van der Waals surface area contributed by atoms with Gasteiger partial charge in [0.05, 0.1) is 13.7 Å². The minimum atomic E-state index is -0.00413. The maximum absolute atomic E-state index is 12.1. The highest BCUT2D eigenvalue weighted by Gasteiger charge is 2.09. The van der Waals surface area contributed by atoms with E-state index < -0.39 is 0 Å². The van der Waals surface area contributed by atoms with Gasteiger partial charge in [-0.2, -0.15) is 4.98 Å². The van der Waals surface area contributed by atoms with Crippen LogP contribution in [-0.4, -0.2) is 29.8 Å². The summed E-state index contributed by atoms with van der Waals surface area (Å²) in [6, 6.07) is 5.73. The number of amides is 1. The minimum Gasteiger partial charge on any atom is -0.493 e. The number of carbonyl (C=O) groups excluding carboxylic acids is 1. The highest BCUT2D eigenvalue weighted by Crippen LogP contribution is 2.28. The first-order chi connectivity index (χ1) is 13.7. The fraction of sp³-hybridized carbons (Fsp3) is 0.571. The van der Waals surface area contributed by atoms with Crippen molar-refractivity contribution in [2.24, 2.45) is 0 Å². The highest BCUT2D eigenvalue weighted by atomic mass is 16.5. The van der Waals surface area contributed by atoms with Crippen LogP contribution in [-0.2, 0) is 24.2 Å². The summed E-state index contributed by atoms with van der Waals surface area (Å²) in [4.78, 5) is 16.4. The standard InChI is InChI=1S/C21H31N3O4/c1-4-6-13-27-17-12-11-16(14-18(17)26-3)15-22-20(25)9-7-10-21-23-19(8-5-2)24-28-21/h11-12,14H,4-10,13,15H2,1-3H3,(H,22,25). The molecule has 2 rings (SSSR count). The number of nitrogens with one attached hydrogen (secondary N) is 1. The van der Waals surface area contributed by atoms with Gasteiger partial charge in [-0.3, -0.25) is 4.79 Å². The summed E-state index contributed by atoms with van der Waals surface area (Å²) < 4.78 is 16.3. The van der Waals surface area contributed by atoms with Crippen LogP contribution in [0.2, 0.25) is 0 Å². The van der Waals surface area contributed by atoms with E-state index in [1.54, 1.807) is 7.11 Å². The molecule has 1 aromatic heterocycles. The zero-order chi connectivity index (χ0) is 20.2. The zero-order valence-electron chi connectivity index (χ0n) is 17.1. The molecule has 1 heterocycles. The molecule has 0 atom stereocenters. The third kappa shape index (κ3) is 7.21. The number of benzene rings is 1. The smallest absolute Gasteiger partial charge is 0.226 e. The van der Waals surface area contributed by atoms with Gasteiger partial charge >= 0.3 is 0 Å². The molecule has 0 aliphatic heterocycles. The summed E-state index contributed by atoms with van der Waals surface area (Å²) in [7, 11) is 1.62. The van der Waals surface area contributed by atoms with Crippen molar-refractivity contribution in [2.45, 2.75) is 65.3 Å². The van der Waals surface area contributed by atoms with Crippen molar-refractivity contribution < 1.29 is 18.8 Å². The van der Waals surface area contributed by atoms with Crippen molar-refractivity contribution in [3.63, 3.8) is 0 Å². The molecular formula is C21H31N3O4. The molecule has 28 heavy (non-hydrogen) atoms. The highest BCUT2D eigenvalue weighted by molar-refractivity contribution is 5.75. The van der Waals surface area contributed by atoms with Crippen LogP contribution in [0.1, 0.15) is 63.2 Å². The van der Waals surface area contributed by atoms with E-state index in [1.165, 1.54) is 0 Å². The lowest BCUT2D eigenvalue weighted by Gasteiger charge is -2.12. The van der Waals surface area contributed by atoms with E-state index >= 15 is 0 Å². The summed E-state index contributed by atoms with van der Waals surface area (Å²) in [6.07, 6.45) is 5.59. The Labute approximate surface area is 166 Å². The van der Waals surface area contributed by atoms with Gasteiger partial charge < -0.3 is 19.3 Å². The van der Waals surface area contributed by atoms with Crippen LogP contribution >= 0.6 is 0 Å². The molecule has 7 nitrogen and oxygen atoms in total. The summed E-state index contributed by atoms with van der Waals surface area (Å²) in [5.74, 6) is 2.74. The molecule has 0 saturated heterocycles. The molecule has 0 saturated carbocycles. The van der Waals surface area contributed by atoms with Crippen molar-refractivity contribution in [2.75, 3.05) is 13.7 Å². The molecule has 0 bridgehead atoms. The Balaban J connectivity index is 1.73. The summed E-state index contributed by atoms with van der Waals surface area (Å²) in [5, 5.41) is 6.85. The van der Waals surface area contributed by atoms with Crippen LogP contribution < -0.4 is 14.8 Å². The van der Waals surface area contributed by atoms with E-state index in [9.17, 15) is 4.79 Å². The molecular weight excluding hydrogens is 358 g/mol. The molecule has 0 aliphatic carbocycles. The molecule has 7 heteroatoms. The summed E-state index contributed by atoms with van der Waals surface area (Å²) in [6.45, 7) is 5.32. The lowest BCUT2D eigenvalue weighted by Crippen LogP contribution is -2.22. The summed E-state index contributed by atoms with van der Waals surface area (Å²) in [5.41, 5.74) is 0.967. The number of rotatable bonds is 13. The maximum atomic E-state index is 12.1. The van der Waals surface area contributed by atoms with E-state index in [-0.39, 0.29) is 5.91 Å². The van der Waals surface area contributed by atoms with Gasteiger partial charge in [0, 0.05) is 25.8 Å². The van der Waals surface area contributed by atoms with E-state index in [0.29, 0.717) is 44.1 Å². The number of carbonyl (C=O) groups is 1. The molecule has 1 N–H and O–H groups in total. The van der Waals surface area contributed by atoms with Crippen LogP contribution in [0, 0.1) is 0 Å². The minimum absolute atomic E-state index is 0.00413. The van der Waals surface area contributed by atoms with Gasteiger partial charge in [-0.25, -0.2) is 0 Å². The van der Waals surface area contributed by atoms with Crippen LogP contribution in [0.5, 0.6) is 11.5 Å². The number of nitrogens with zero attached hydrogens (tertiary/aromatic N) is 2. The first kappa shape index (κ1) is 21.7. The van der Waals surface area contributed by atoms with Gasteiger partial charge in [0.2, 0.25) is 11.8 Å². The Morgan fingerprint density at radius 3 is 2.75 bits per heavy atom. The molecule has 1 amide bonds. The molecule has 154 valence electrons. The average Bonchev–Trinajstić information content (AvgIpc) is 3.15. The Kier molecular flexibility index (Phi) is 9.31. The van der Waals surface area contributed by atoms with Crippen molar-refractivity contribution in [3.8, 4) is 11.5 Å². The number of methoxy groups -OCH3 is 1. The number of ether oxygens (including phenoxy) is 2. The largest absolute Gasteiger partial charge is 0.493 e. The predicted molar refractivity (Wildman–Crippen MR) is 106 cm³/mol. The molecule has 0 unspecified atom stereocenters. The third-order valence-corrected chi connectivity index (χ3v) is 4.25. The van der Waals surface area contributed by atoms with Gasteiger partial charge in [-0.05, 0) is 37.0 Å². The van der Waals surface area contributed by atoms with E-state index in [0.717, 1.165) is 42.8 Å². The van der Waals surface area contributed by atoms with Crippen molar-refractivity contribution in [1.82, 2.24) is 15.5 Å². The van der Waals surface area contributed by atoms with Crippen molar-refractivity contribution in [1.29, 1.82) is 0 Å². The van der Waals surface area contributed by atoms with Crippen molar-refractivity contribution in [3.05, 3.63) is 35.5 Å². The second-order valence-corrected chi connectivity index (χ2v) is 6.67. The third-order valence-electron chi connectivity index (χ3n) is 4.25. The SMILES string of the molecule is CCCCOc1ccc(CNC(=O)CCCc2nc(CCC)no2)cc1OC. The van der Waals surface area contributed by atoms with Gasteiger partial charge in [-0.1, -0.05) is 31.5 Å². The molecule has 0 radical (unpaired) electrons. The number of aryl methyl sites for hydroxylation is 2. The number of hydrogen-bond acceptors (Lipinski definition) is 6. The fourth-order valence-electron chi connectivity index (χ4n) is 2.67. The zero-order valence-corrected chi connectivity index (χ0v) is 17.1.